The van der Waals surface area contributed by atoms with Crippen molar-refractivity contribution in [2.45, 2.75) is 0 Å². The minimum Gasteiger partial charge on any atom is -0.402 e. The van der Waals surface area contributed by atoms with Crippen molar-refractivity contribution in [3.63, 3.8) is 0 Å². The highest BCUT2D eigenvalue weighted by Crippen LogP contribution is 2.17. The lowest BCUT2D eigenvalue weighted by Gasteiger charge is -1.98. The lowest BCUT2D eigenvalue weighted by molar-refractivity contribution is -0.116. The van der Waals surface area contributed by atoms with E-state index in [2.05, 4.69) is 0 Å². The molecule has 1 N–H and O–H groups in total. The Labute approximate surface area is 96.3 Å². The smallest absolute Gasteiger partial charge is 0.402 e. The third-order valence-electron chi connectivity index (χ3n) is 2.53. The van der Waals surface area contributed by atoms with Crippen LogP contribution in [0.2, 0.25) is 0 Å². The van der Waals surface area contributed by atoms with Gasteiger partial charge < -0.3 is 9.30 Å². The zero-order chi connectivity index (χ0) is 11.8. The van der Waals surface area contributed by atoms with Crippen LogP contribution in [0.25, 0.3) is 17.1 Å². The van der Waals surface area contributed by atoms with Crippen LogP contribution in [0.15, 0.2) is 42.3 Å². The number of hydrogen-bond donors (Lipinski definition) is 1. The van der Waals surface area contributed by atoms with E-state index < -0.39 is 12.0 Å². The summed E-state index contributed by atoms with van der Waals surface area (Å²) < 4.78 is 6.48. The fourth-order valence-corrected chi connectivity index (χ4v) is 1.75. The normalized spacial score (nSPS) is 17.5. The molecule has 5 heteroatoms. The molecule has 1 aliphatic heterocycles. The van der Waals surface area contributed by atoms with Crippen molar-refractivity contribution in [3.8, 4) is 0 Å². The average molecular weight is 228 g/mol. The molecule has 0 unspecified atom stereocenters. The molecule has 1 aliphatic rings. The number of alkyl carbamates (subject to hydrolysis) is 1. The minimum atomic E-state index is -0.738. The number of amides is 2. The molecule has 2 heterocycles. The number of rotatable bonds is 1. The Kier molecular flexibility index (Phi) is 1.98. The number of hydrogen-bond acceptors (Lipinski definition) is 3. The summed E-state index contributed by atoms with van der Waals surface area (Å²) >= 11 is 0. The lowest BCUT2D eigenvalue weighted by atomic mass is 10.2. The summed E-state index contributed by atoms with van der Waals surface area (Å²) in [6.45, 7) is 0. The van der Waals surface area contributed by atoms with E-state index in [-0.39, 0.29) is 5.76 Å². The van der Waals surface area contributed by atoms with Crippen LogP contribution in [-0.4, -0.2) is 16.6 Å². The van der Waals surface area contributed by atoms with Gasteiger partial charge in [0.15, 0.2) is 0 Å². The summed E-state index contributed by atoms with van der Waals surface area (Å²) in [5, 5.41) is 3.10. The largest absolute Gasteiger partial charge is 0.419 e. The van der Waals surface area contributed by atoms with Gasteiger partial charge in [-0.1, -0.05) is 18.2 Å². The molecule has 3 rings (SSSR count). The van der Waals surface area contributed by atoms with Crippen LogP contribution in [0, 0.1) is 0 Å². The van der Waals surface area contributed by atoms with E-state index in [1.807, 2.05) is 35.6 Å². The molecule has 5 nitrogen and oxygen atoms in total. The number of imide groups is 1. The van der Waals surface area contributed by atoms with Crippen molar-refractivity contribution < 1.29 is 14.3 Å². The molecule has 0 atom stereocenters. The van der Waals surface area contributed by atoms with Gasteiger partial charge in [-0.25, -0.2) is 4.79 Å². The Morgan fingerprint density at radius 1 is 1.18 bits per heavy atom. The van der Waals surface area contributed by atoms with Crippen molar-refractivity contribution >= 4 is 29.1 Å². The summed E-state index contributed by atoms with van der Waals surface area (Å²) in [5.74, 6) is -0.524. The van der Waals surface area contributed by atoms with Gasteiger partial charge in [0.2, 0.25) is 5.76 Å². The molecule has 0 bridgehead atoms. The first-order valence-corrected chi connectivity index (χ1v) is 5.04. The van der Waals surface area contributed by atoms with E-state index in [4.69, 9.17) is 4.74 Å². The Hall–Kier alpha value is -2.56. The predicted molar refractivity (Wildman–Crippen MR) is 60.8 cm³/mol. The molecule has 1 aromatic heterocycles. The first kappa shape index (κ1) is 9.65. The molecule has 84 valence electrons. The predicted octanol–water partition coefficient (Wildman–Crippen LogP) is 1.71. The summed E-state index contributed by atoms with van der Waals surface area (Å²) in [6.07, 6.45) is 2.55. The number of para-hydroxylation sites is 1. The van der Waals surface area contributed by atoms with Crippen molar-refractivity contribution in [2.24, 2.45) is 0 Å². The van der Waals surface area contributed by atoms with Gasteiger partial charge in [0.25, 0.3) is 5.91 Å². The highest BCUT2D eigenvalue weighted by Gasteiger charge is 2.26. The van der Waals surface area contributed by atoms with E-state index in [1.165, 1.54) is 6.20 Å². The third-order valence-corrected chi connectivity index (χ3v) is 2.53. The Balaban J connectivity index is 2.08. The van der Waals surface area contributed by atoms with Crippen LogP contribution in [0.1, 0.15) is 0 Å². The van der Waals surface area contributed by atoms with Gasteiger partial charge in [0, 0.05) is 6.20 Å². The fraction of sp³-hybridized carbons (Fsp3) is 0. The zero-order valence-corrected chi connectivity index (χ0v) is 8.71. The standard InChI is InChI=1S/C12H8N2O3/c15-11-10(17-12(16)13-11)7-14-6-5-8-3-1-2-4-9(8)14/h1-7H,(H,13,15,16). The maximum absolute atomic E-state index is 11.3. The number of cyclic esters (lactones) is 1. The van der Waals surface area contributed by atoms with Crippen LogP contribution in [0.4, 0.5) is 4.79 Å². The Morgan fingerprint density at radius 3 is 2.76 bits per heavy atom. The molecule has 2 aromatic rings. The van der Waals surface area contributed by atoms with Gasteiger partial charge in [-0.05, 0) is 17.5 Å². The quantitative estimate of drug-likeness (QED) is 0.756. The zero-order valence-electron chi connectivity index (χ0n) is 8.71. The van der Waals surface area contributed by atoms with E-state index in [0.717, 1.165) is 10.9 Å². The molecule has 0 spiro atoms. The van der Waals surface area contributed by atoms with Crippen molar-refractivity contribution in [1.29, 1.82) is 0 Å². The van der Waals surface area contributed by atoms with E-state index in [9.17, 15) is 9.59 Å². The molecule has 0 saturated carbocycles. The summed E-state index contributed by atoms with van der Waals surface area (Å²) in [5.41, 5.74) is 0.941. The number of carbonyl (C=O) groups is 2. The van der Waals surface area contributed by atoms with Crippen LogP contribution in [0.5, 0.6) is 0 Å². The second kappa shape index (κ2) is 3.48. The van der Waals surface area contributed by atoms with E-state index >= 15 is 0 Å². The second-order valence-corrected chi connectivity index (χ2v) is 3.62. The van der Waals surface area contributed by atoms with Gasteiger partial charge in [0.1, 0.15) is 0 Å². The van der Waals surface area contributed by atoms with Crippen molar-refractivity contribution in [2.75, 3.05) is 0 Å². The number of benzene rings is 1. The van der Waals surface area contributed by atoms with Crippen molar-refractivity contribution in [1.82, 2.24) is 9.88 Å². The SMILES string of the molecule is O=C1NC(=O)C(=Cn2ccc3ccccc32)O1. The topological polar surface area (TPSA) is 60.3 Å². The van der Waals surface area contributed by atoms with Gasteiger partial charge in [0.05, 0.1) is 11.7 Å². The molecular formula is C12H8N2O3. The summed E-state index contributed by atoms with van der Waals surface area (Å²) in [6, 6.07) is 9.63. The second-order valence-electron chi connectivity index (χ2n) is 3.62. The number of carbonyl (C=O) groups excluding carboxylic acids is 2. The molecule has 1 saturated heterocycles. The number of aromatic nitrogens is 1. The minimum absolute atomic E-state index is 0.00338. The lowest BCUT2D eigenvalue weighted by Crippen LogP contribution is -2.18. The molecule has 1 aromatic carbocycles. The molecular weight excluding hydrogens is 220 g/mol. The van der Waals surface area contributed by atoms with E-state index in [0.29, 0.717) is 0 Å². The maximum atomic E-state index is 11.3. The van der Waals surface area contributed by atoms with Crippen LogP contribution in [0.3, 0.4) is 0 Å². The Morgan fingerprint density at radius 2 is 2.00 bits per heavy atom. The number of nitrogens with zero attached hydrogens (tertiary/aromatic N) is 1. The van der Waals surface area contributed by atoms with Gasteiger partial charge in [-0.3, -0.25) is 10.1 Å². The summed E-state index contributed by atoms with van der Waals surface area (Å²) in [7, 11) is 0. The first-order valence-electron chi connectivity index (χ1n) is 5.04. The van der Waals surface area contributed by atoms with Crippen LogP contribution < -0.4 is 5.32 Å². The first-order chi connectivity index (χ1) is 8.24. The van der Waals surface area contributed by atoms with Gasteiger partial charge in [-0.2, -0.15) is 0 Å². The molecule has 2 amide bonds. The molecule has 17 heavy (non-hydrogen) atoms. The molecule has 0 radical (unpaired) electrons. The van der Waals surface area contributed by atoms with Crippen molar-refractivity contribution in [3.05, 3.63) is 42.3 Å². The fourth-order valence-electron chi connectivity index (χ4n) is 1.75. The van der Waals surface area contributed by atoms with Gasteiger partial charge in [-0.15, -0.1) is 0 Å². The highest BCUT2D eigenvalue weighted by atomic mass is 16.6. The Bertz CT molecular complexity index is 655. The van der Waals surface area contributed by atoms with Crippen LogP contribution >= 0.6 is 0 Å². The monoisotopic (exact) mass is 228 g/mol. The average Bonchev–Trinajstić information content (AvgIpc) is 2.85. The van der Waals surface area contributed by atoms with Crippen LogP contribution in [-0.2, 0) is 9.53 Å². The number of ether oxygens (including phenoxy) is 1. The maximum Gasteiger partial charge on any atom is 0.419 e. The van der Waals surface area contributed by atoms with Gasteiger partial charge >= 0.3 is 6.09 Å². The summed E-state index contributed by atoms with van der Waals surface area (Å²) in [4.78, 5) is 22.2. The molecule has 0 aliphatic carbocycles. The van der Waals surface area contributed by atoms with E-state index in [1.54, 1.807) is 10.8 Å². The molecule has 1 fully saturated rings. The highest BCUT2D eigenvalue weighted by molar-refractivity contribution is 6.09. The number of fused-ring (bicyclic) bond motifs is 1. The third kappa shape index (κ3) is 1.57. The number of nitrogens with one attached hydrogen (secondary N) is 1.